The van der Waals surface area contributed by atoms with Crippen LogP contribution in [0.2, 0.25) is 0 Å². The smallest absolute Gasteiger partial charge is 0.251 e. The van der Waals surface area contributed by atoms with E-state index in [4.69, 9.17) is 11.5 Å². The van der Waals surface area contributed by atoms with Gasteiger partial charge in [0.25, 0.3) is 5.91 Å². The van der Waals surface area contributed by atoms with E-state index in [0.717, 1.165) is 18.5 Å². The normalized spacial score (nSPS) is 10.1. The molecule has 98 valence electrons. The Bertz CT molecular complexity index is 446. The number of carbonyl (C=O) groups is 2. The molecule has 0 spiro atoms. The molecule has 0 unspecified atom stereocenters. The topological polar surface area (TPSA) is 111 Å². The first-order valence-electron chi connectivity index (χ1n) is 5.86. The highest BCUT2D eigenvalue weighted by atomic mass is 16.2. The van der Waals surface area contributed by atoms with Gasteiger partial charge in [-0.1, -0.05) is 13.3 Å². The molecule has 18 heavy (non-hydrogen) atoms. The number of aromatic nitrogens is 1. The van der Waals surface area contributed by atoms with Crippen molar-refractivity contribution >= 4 is 17.6 Å². The van der Waals surface area contributed by atoms with Crippen LogP contribution in [0, 0.1) is 0 Å². The molecule has 0 radical (unpaired) electrons. The van der Waals surface area contributed by atoms with Crippen molar-refractivity contribution in [3.05, 3.63) is 23.4 Å². The van der Waals surface area contributed by atoms with Crippen LogP contribution in [0.25, 0.3) is 0 Å². The maximum absolute atomic E-state index is 11.8. The fraction of sp³-hybridized carbons (Fsp3) is 0.417. The third kappa shape index (κ3) is 4.40. The Kier molecular flexibility index (Phi) is 5.10. The van der Waals surface area contributed by atoms with Crippen molar-refractivity contribution in [1.29, 1.82) is 0 Å². The second-order valence-corrected chi connectivity index (χ2v) is 3.99. The summed E-state index contributed by atoms with van der Waals surface area (Å²) in [6, 6.07) is 3.22. The Morgan fingerprint density at radius 3 is 2.72 bits per heavy atom. The van der Waals surface area contributed by atoms with Gasteiger partial charge in [-0.2, -0.15) is 0 Å². The Balaban J connectivity index is 2.69. The molecule has 0 aliphatic rings. The molecule has 6 heteroatoms. The molecule has 0 atom stereocenters. The fourth-order valence-corrected chi connectivity index (χ4v) is 1.53. The number of hydrogen-bond acceptors (Lipinski definition) is 4. The number of anilines is 1. The number of amides is 2. The Hall–Kier alpha value is -2.11. The van der Waals surface area contributed by atoms with Gasteiger partial charge in [-0.05, 0) is 18.6 Å². The zero-order chi connectivity index (χ0) is 13.5. The van der Waals surface area contributed by atoms with Crippen molar-refractivity contribution < 1.29 is 9.59 Å². The molecule has 0 saturated heterocycles. The summed E-state index contributed by atoms with van der Waals surface area (Å²) in [6.45, 7) is 2.25. The van der Waals surface area contributed by atoms with Crippen molar-refractivity contribution in [2.24, 2.45) is 5.73 Å². The molecule has 1 heterocycles. The largest absolute Gasteiger partial charge is 0.384 e. The number of aryl methyl sites for hydroxylation is 1. The lowest BCUT2D eigenvalue weighted by molar-refractivity contribution is -0.117. The minimum atomic E-state index is -0.448. The number of hydrogen-bond donors (Lipinski definition) is 3. The highest BCUT2D eigenvalue weighted by Crippen LogP contribution is 2.09. The van der Waals surface area contributed by atoms with Gasteiger partial charge in [0.05, 0.1) is 0 Å². The van der Waals surface area contributed by atoms with Gasteiger partial charge in [0.2, 0.25) is 5.91 Å². The Morgan fingerprint density at radius 1 is 1.39 bits per heavy atom. The summed E-state index contributed by atoms with van der Waals surface area (Å²) < 4.78 is 0. The minimum absolute atomic E-state index is 0.119. The van der Waals surface area contributed by atoms with Gasteiger partial charge in [-0.15, -0.1) is 0 Å². The van der Waals surface area contributed by atoms with Gasteiger partial charge in [0.1, 0.15) is 5.82 Å². The Morgan fingerprint density at radius 2 is 2.11 bits per heavy atom. The zero-order valence-corrected chi connectivity index (χ0v) is 10.4. The molecule has 0 fully saturated rings. The lowest BCUT2D eigenvalue weighted by Gasteiger charge is -2.07. The molecule has 1 aromatic rings. The quantitative estimate of drug-likeness (QED) is 0.670. The van der Waals surface area contributed by atoms with Gasteiger partial charge < -0.3 is 16.8 Å². The van der Waals surface area contributed by atoms with Crippen LogP contribution in [0.5, 0.6) is 0 Å². The summed E-state index contributed by atoms with van der Waals surface area (Å²) in [6.07, 6.45) is 1.82. The zero-order valence-electron chi connectivity index (χ0n) is 10.4. The minimum Gasteiger partial charge on any atom is -0.384 e. The fourth-order valence-electron chi connectivity index (χ4n) is 1.53. The molecule has 6 nitrogen and oxygen atoms in total. The van der Waals surface area contributed by atoms with E-state index in [1.165, 1.54) is 6.07 Å². The first-order valence-corrected chi connectivity index (χ1v) is 5.86. The van der Waals surface area contributed by atoms with E-state index < -0.39 is 5.91 Å². The molecule has 2 amide bonds. The number of nitrogens with zero attached hydrogens (tertiary/aromatic N) is 1. The predicted molar refractivity (Wildman–Crippen MR) is 68.8 cm³/mol. The van der Waals surface area contributed by atoms with Crippen LogP contribution in [0.4, 0.5) is 5.82 Å². The van der Waals surface area contributed by atoms with E-state index >= 15 is 0 Å². The standard InChI is InChI=1S/C12H18N4O2/c1-2-3-9-6-8(7-10(13)16-9)12(18)15-5-4-11(14)17/h6-7H,2-5H2,1H3,(H2,13,16)(H2,14,17)(H,15,18). The molecule has 0 saturated carbocycles. The third-order valence-corrected chi connectivity index (χ3v) is 2.32. The molecule has 0 aromatic carbocycles. The summed E-state index contributed by atoms with van der Waals surface area (Å²) in [5.74, 6) is -0.403. The van der Waals surface area contributed by atoms with E-state index in [0.29, 0.717) is 11.4 Å². The van der Waals surface area contributed by atoms with Crippen molar-refractivity contribution in [1.82, 2.24) is 10.3 Å². The number of nitrogens with one attached hydrogen (secondary N) is 1. The molecule has 1 rings (SSSR count). The monoisotopic (exact) mass is 250 g/mol. The lowest BCUT2D eigenvalue weighted by atomic mass is 10.1. The number of nitrogen functional groups attached to an aromatic ring is 1. The summed E-state index contributed by atoms with van der Waals surface area (Å²) >= 11 is 0. The van der Waals surface area contributed by atoms with Gasteiger partial charge in [-0.25, -0.2) is 4.98 Å². The second kappa shape index (κ2) is 6.58. The highest BCUT2D eigenvalue weighted by molar-refractivity contribution is 5.95. The number of primary amides is 1. The Labute approximate surface area is 106 Å². The van der Waals surface area contributed by atoms with Crippen LogP contribution < -0.4 is 16.8 Å². The van der Waals surface area contributed by atoms with Crippen LogP contribution >= 0.6 is 0 Å². The average Bonchev–Trinajstić information content (AvgIpc) is 2.28. The highest BCUT2D eigenvalue weighted by Gasteiger charge is 2.08. The molecular formula is C12H18N4O2. The van der Waals surface area contributed by atoms with Crippen LogP contribution in [0.1, 0.15) is 35.8 Å². The van der Waals surface area contributed by atoms with Crippen LogP contribution in [-0.4, -0.2) is 23.3 Å². The summed E-state index contributed by atoms with van der Waals surface area (Å²) in [5.41, 5.74) is 11.9. The summed E-state index contributed by atoms with van der Waals surface area (Å²) in [5, 5.41) is 2.60. The number of nitrogens with two attached hydrogens (primary N) is 2. The van der Waals surface area contributed by atoms with Crippen molar-refractivity contribution in [2.45, 2.75) is 26.2 Å². The van der Waals surface area contributed by atoms with Crippen LogP contribution in [-0.2, 0) is 11.2 Å². The number of carbonyl (C=O) groups excluding carboxylic acids is 2. The van der Waals surface area contributed by atoms with Crippen molar-refractivity contribution in [2.75, 3.05) is 12.3 Å². The third-order valence-electron chi connectivity index (χ3n) is 2.32. The lowest BCUT2D eigenvalue weighted by Crippen LogP contribution is -2.28. The molecule has 1 aromatic heterocycles. The first kappa shape index (κ1) is 14.0. The molecule has 5 N–H and O–H groups in total. The van der Waals surface area contributed by atoms with Crippen LogP contribution in [0.3, 0.4) is 0 Å². The van der Waals surface area contributed by atoms with Crippen LogP contribution in [0.15, 0.2) is 12.1 Å². The summed E-state index contributed by atoms with van der Waals surface area (Å²) in [7, 11) is 0. The van der Waals surface area contributed by atoms with Gasteiger partial charge in [-0.3, -0.25) is 9.59 Å². The SMILES string of the molecule is CCCc1cc(C(=O)NCCC(N)=O)cc(N)n1. The molecular weight excluding hydrogens is 232 g/mol. The van der Waals surface area contributed by atoms with Gasteiger partial charge in [0.15, 0.2) is 0 Å². The number of pyridine rings is 1. The predicted octanol–water partition coefficient (Wildman–Crippen LogP) is 0.222. The number of rotatable bonds is 6. The van der Waals surface area contributed by atoms with E-state index in [2.05, 4.69) is 10.3 Å². The molecule has 0 aliphatic heterocycles. The average molecular weight is 250 g/mol. The molecule has 0 bridgehead atoms. The van der Waals surface area contributed by atoms with E-state index in [1.807, 2.05) is 6.92 Å². The van der Waals surface area contributed by atoms with Crippen molar-refractivity contribution in [3.63, 3.8) is 0 Å². The van der Waals surface area contributed by atoms with E-state index in [-0.39, 0.29) is 18.9 Å². The van der Waals surface area contributed by atoms with Gasteiger partial charge >= 0.3 is 0 Å². The van der Waals surface area contributed by atoms with E-state index in [1.54, 1.807) is 6.07 Å². The van der Waals surface area contributed by atoms with Crippen molar-refractivity contribution in [3.8, 4) is 0 Å². The maximum Gasteiger partial charge on any atom is 0.251 e. The van der Waals surface area contributed by atoms with E-state index in [9.17, 15) is 9.59 Å². The second-order valence-electron chi connectivity index (χ2n) is 3.99. The first-order chi connectivity index (χ1) is 8.52. The van der Waals surface area contributed by atoms with Gasteiger partial charge in [0, 0.05) is 24.2 Å². The maximum atomic E-state index is 11.8. The molecule has 0 aliphatic carbocycles. The summed E-state index contributed by atoms with van der Waals surface area (Å²) in [4.78, 5) is 26.5.